The maximum atomic E-state index is 13.0. The molecule has 2 amide bonds. The van der Waals surface area contributed by atoms with Crippen molar-refractivity contribution in [2.45, 2.75) is 38.5 Å². The lowest BCUT2D eigenvalue weighted by molar-refractivity contribution is -0.139. The van der Waals surface area contributed by atoms with Crippen LogP contribution in [0.1, 0.15) is 48.9 Å². The van der Waals surface area contributed by atoms with Crippen LogP contribution in [0.5, 0.6) is 5.75 Å². The number of rotatable bonds is 3. The van der Waals surface area contributed by atoms with Crippen LogP contribution in [0.3, 0.4) is 0 Å². The van der Waals surface area contributed by atoms with Crippen LogP contribution >= 0.6 is 11.6 Å². The zero-order chi connectivity index (χ0) is 18.3. The zero-order valence-electron chi connectivity index (χ0n) is 14.9. The fourth-order valence-corrected chi connectivity index (χ4v) is 4.62. The van der Waals surface area contributed by atoms with Crippen molar-refractivity contribution in [3.63, 3.8) is 0 Å². The standard InChI is InChI=1S/C20H25ClN2O3/c21-15-4-5-17(24)16(10-15)19(26)22-9-1-7-20(12-22)8-6-18(25)23(13-20)11-14-2-3-14/h4-5,10,14,24H,1-3,6-9,11-13H2. The van der Waals surface area contributed by atoms with Crippen molar-refractivity contribution in [1.29, 1.82) is 0 Å². The first-order chi connectivity index (χ1) is 12.5. The van der Waals surface area contributed by atoms with Gasteiger partial charge in [-0.1, -0.05) is 11.6 Å². The highest BCUT2D eigenvalue weighted by Crippen LogP contribution is 2.41. The van der Waals surface area contributed by atoms with Gasteiger partial charge in [0, 0.05) is 43.0 Å². The van der Waals surface area contributed by atoms with Gasteiger partial charge >= 0.3 is 0 Å². The van der Waals surface area contributed by atoms with Crippen LogP contribution in [-0.2, 0) is 4.79 Å². The quantitative estimate of drug-likeness (QED) is 0.880. The molecule has 26 heavy (non-hydrogen) atoms. The van der Waals surface area contributed by atoms with Gasteiger partial charge < -0.3 is 14.9 Å². The van der Waals surface area contributed by atoms with E-state index in [4.69, 9.17) is 11.6 Å². The number of likely N-dealkylation sites (tertiary alicyclic amines) is 2. The number of hydrogen-bond donors (Lipinski definition) is 1. The molecule has 1 aromatic carbocycles. The molecule has 0 bridgehead atoms. The van der Waals surface area contributed by atoms with Crippen LogP contribution in [0.15, 0.2) is 18.2 Å². The summed E-state index contributed by atoms with van der Waals surface area (Å²) < 4.78 is 0. The van der Waals surface area contributed by atoms with E-state index in [9.17, 15) is 14.7 Å². The number of carbonyl (C=O) groups excluding carboxylic acids is 2. The monoisotopic (exact) mass is 376 g/mol. The molecule has 1 atom stereocenters. The number of amides is 2. The van der Waals surface area contributed by atoms with E-state index in [-0.39, 0.29) is 28.5 Å². The minimum Gasteiger partial charge on any atom is -0.507 e. The summed E-state index contributed by atoms with van der Waals surface area (Å²) in [4.78, 5) is 29.1. The van der Waals surface area contributed by atoms with Crippen molar-refractivity contribution in [3.8, 4) is 5.75 Å². The molecule has 1 unspecified atom stereocenters. The highest BCUT2D eigenvalue weighted by Gasteiger charge is 2.44. The molecule has 1 aliphatic carbocycles. The summed E-state index contributed by atoms with van der Waals surface area (Å²) in [5.74, 6) is 0.736. The van der Waals surface area contributed by atoms with E-state index in [1.165, 1.54) is 25.0 Å². The Hall–Kier alpha value is -1.75. The van der Waals surface area contributed by atoms with Crippen LogP contribution in [-0.4, -0.2) is 52.9 Å². The van der Waals surface area contributed by atoms with Crippen molar-refractivity contribution < 1.29 is 14.7 Å². The first kappa shape index (κ1) is 17.7. The number of phenolic OH excluding ortho intramolecular Hbond substituents is 1. The molecule has 3 fully saturated rings. The lowest BCUT2D eigenvalue weighted by Crippen LogP contribution is -2.55. The van der Waals surface area contributed by atoms with E-state index in [0.717, 1.165) is 32.4 Å². The van der Waals surface area contributed by atoms with Gasteiger partial charge in [-0.05, 0) is 56.2 Å². The largest absolute Gasteiger partial charge is 0.507 e. The topological polar surface area (TPSA) is 60.9 Å². The first-order valence-corrected chi connectivity index (χ1v) is 9.89. The predicted molar refractivity (Wildman–Crippen MR) is 99.2 cm³/mol. The van der Waals surface area contributed by atoms with Gasteiger partial charge in [-0.2, -0.15) is 0 Å². The average Bonchev–Trinajstić information content (AvgIpc) is 3.44. The number of carbonyl (C=O) groups is 2. The highest BCUT2D eigenvalue weighted by atomic mass is 35.5. The third-order valence-electron chi connectivity index (χ3n) is 6.06. The van der Waals surface area contributed by atoms with Gasteiger partial charge in [0.1, 0.15) is 5.75 Å². The Bertz CT molecular complexity index is 734. The molecule has 140 valence electrons. The summed E-state index contributed by atoms with van der Waals surface area (Å²) in [7, 11) is 0. The van der Waals surface area contributed by atoms with Crippen LogP contribution in [0.25, 0.3) is 0 Å². The maximum Gasteiger partial charge on any atom is 0.257 e. The van der Waals surface area contributed by atoms with Gasteiger partial charge in [0.15, 0.2) is 0 Å². The lowest BCUT2D eigenvalue weighted by atomic mass is 9.73. The minimum atomic E-state index is -0.172. The van der Waals surface area contributed by atoms with Crippen molar-refractivity contribution in [2.24, 2.45) is 11.3 Å². The van der Waals surface area contributed by atoms with Gasteiger partial charge in [0.25, 0.3) is 5.91 Å². The summed E-state index contributed by atoms with van der Waals surface area (Å²) in [5, 5.41) is 10.5. The number of halogens is 1. The number of aromatic hydroxyl groups is 1. The lowest BCUT2D eigenvalue weighted by Gasteiger charge is -2.48. The van der Waals surface area contributed by atoms with Crippen molar-refractivity contribution in [1.82, 2.24) is 9.80 Å². The van der Waals surface area contributed by atoms with Gasteiger partial charge in [-0.15, -0.1) is 0 Å². The molecule has 6 heteroatoms. The number of nitrogens with zero attached hydrogens (tertiary/aromatic N) is 2. The Balaban J connectivity index is 1.50. The van der Waals surface area contributed by atoms with Crippen LogP contribution in [0.4, 0.5) is 0 Å². The molecule has 3 aliphatic rings. The summed E-state index contributed by atoms with van der Waals surface area (Å²) in [6.45, 7) is 2.96. The molecular weight excluding hydrogens is 352 g/mol. The number of phenols is 1. The SMILES string of the molecule is O=C1CCC2(CCCN(C(=O)c3cc(Cl)ccc3O)C2)CN1CC1CC1. The molecule has 0 aromatic heterocycles. The molecule has 4 rings (SSSR count). The van der Waals surface area contributed by atoms with Gasteiger partial charge in [0.05, 0.1) is 5.56 Å². The third kappa shape index (κ3) is 3.54. The Labute approximate surface area is 158 Å². The summed E-state index contributed by atoms with van der Waals surface area (Å²) in [5.41, 5.74) is 0.251. The number of piperidine rings is 2. The van der Waals surface area contributed by atoms with E-state index >= 15 is 0 Å². The van der Waals surface area contributed by atoms with Crippen molar-refractivity contribution >= 4 is 23.4 Å². The molecule has 1 spiro atoms. The smallest absolute Gasteiger partial charge is 0.257 e. The number of hydrogen-bond acceptors (Lipinski definition) is 3. The van der Waals surface area contributed by atoms with E-state index in [0.29, 0.717) is 30.5 Å². The summed E-state index contributed by atoms with van der Waals surface area (Å²) in [6.07, 6.45) is 5.87. The Morgan fingerprint density at radius 1 is 1.27 bits per heavy atom. The van der Waals surface area contributed by atoms with Crippen LogP contribution in [0, 0.1) is 11.3 Å². The van der Waals surface area contributed by atoms with Crippen molar-refractivity contribution in [2.75, 3.05) is 26.2 Å². The molecule has 1 aromatic rings. The van der Waals surface area contributed by atoms with E-state index in [1.807, 2.05) is 9.80 Å². The van der Waals surface area contributed by atoms with Crippen LogP contribution < -0.4 is 0 Å². The average molecular weight is 377 g/mol. The van der Waals surface area contributed by atoms with E-state index < -0.39 is 0 Å². The number of benzene rings is 1. The second-order valence-electron chi connectivity index (χ2n) is 8.21. The molecule has 2 heterocycles. The third-order valence-corrected chi connectivity index (χ3v) is 6.30. The molecule has 1 N–H and O–H groups in total. The molecule has 5 nitrogen and oxygen atoms in total. The van der Waals surface area contributed by atoms with Crippen LogP contribution in [0.2, 0.25) is 5.02 Å². The Kier molecular flexibility index (Phi) is 4.59. The highest BCUT2D eigenvalue weighted by molar-refractivity contribution is 6.31. The van der Waals surface area contributed by atoms with E-state index in [2.05, 4.69) is 0 Å². The minimum absolute atomic E-state index is 0.00902. The Morgan fingerprint density at radius 3 is 2.85 bits per heavy atom. The fourth-order valence-electron chi connectivity index (χ4n) is 4.45. The van der Waals surface area contributed by atoms with Gasteiger partial charge in [-0.3, -0.25) is 9.59 Å². The van der Waals surface area contributed by atoms with Gasteiger partial charge in [0.2, 0.25) is 5.91 Å². The maximum absolute atomic E-state index is 13.0. The molecule has 0 radical (unpaired) electrons. The van der Waals surface area contributed by atoms with Gasteiger partial charge in [-0.25, -0.2) is 0 Å². The second-order valence-corrected chi connectivity index (χ2v) is 8.65. The van der Waals surface area contributed by atoms with Crippen molar-refractivity contribution in [3.05, 3.63) is 28.8 Å². The molecule has 1 saturated carbocycles. The predicted octanol–water partition coefficient (Wildman–Crippen LogP) is 3.30. The summed E-state index contributed by atoms with van der Waals surface area (Å²) in [6, 6.07) is 4.57. The molecule has 2 aliphatic heterocycles. The fraction of sp³-hybridized carbons (Fsp3) is 0.600. The first-order valence-electron chi connectivity index (χ1n) is 9.51. The normalized spacial score (nSPS) is 26.4. The second kappa shape index (κ2) is 6.76. The summed E-state index contributed by atoms with van der Waals surface area (Å²) >= 11 is 6.01. The molecular formula is C20H25ClN2O3. The van der Waals surface area contributed by atoms with E-state index in [1.54, 1.807) is 6.07 Å². The zero-order valence-corrected chi connectivity index (χ0v) is 15.7. The molecule has 2 saturated heterocycles. The Morgan fingerprint density at radius 2 is 2.08 bits per heavy atom.